The second-order valence-electron chi connectivity index (χ2n) is 5.76. The zero-order valence-electron chi connectivity index (χ0n) is 14.4. The van der Waals surface area contributed by atoms with Gasteiger partial charge in [0.25, 0.3) is 5.91 Å². The van der Waals surface area contributed by atoms with Gasteiger partial charge < -0.3 is 10.2 Å². The van der Waals surface area contributed by atoms with Gasteiger partial charge in [-0.3, -0.25) is 4.79 Å². The number of rotatable bonds is 8. The maximum Gasteiger partial charge on any atom is 0.272 e. The van der Waals surface area contributed by atoms with Crippen molar-refractivity contribution in [3.05, 3.63) is 51.8 Å². The molecule has 2 aromatic rings. The van der Waals surface area contributed by atoms with Gasteiger partial charge in [0, 0.05) is 36.4 Å². The SMILES string of the molecule is CCCCN(C)C(=O)c1ccnc(NCCc2ccc(Cl)cc2Cl)n1. The van der Waals surface area contributed by atoms with E-state index >= 15 is 0 Å². The lowest BCUT2D eigenvalue weighted by molar-refractivity contribution is 0.0787. The Kier molecular flexibility index (Phi) is 7.47. The molecule has 0 fully saturated rings. The van der Waals surface area contributed by atoms with E-state index in [0.717, 1.165) is 24.9 Å². The largest absolute Gasteiger partial charge is 0.354 e. The van der Waals surface area contributed by atoms with Gasteiger partial charge in [0.15, 0.2) is 0 Å². The lowest BCUT2D eigenvalue weighted by atomic mass is 10.1. The third kappa shape index (κ3) is 5.87. The summed E-state index contributed by atoms with van der Waals surface area (Å²) >= 11 is 12.1. The number of amides is 1. The second kappa shape index (κ2) is 9.59. The maximum absolute atomic E-state index is 12.4. The molecule has 1 amide bonds. The average Bonchev–Trinajstić information content (AvgIpc) is 2.61. The number of benzene rings is 1. The molecule has 0 aliphatic rings. The lowest BCUT2D eigenvalue weighted by Gasteiger charge is -2.16. The van der Waals surface area contributed by atoms with Crippen LogP contribution in [0.3, 0.4) is 0 Å². The highest BCUT2D eigenvalue weighted by Crippen LogP contribution is 2.21. The molecule has 1 aromatic heterocycles. The van der Waals surface area contributed by atoms with Gasteiger partial charge in [-0.05, 0) is 36.6 Å². The number of carbonyl (C=O) groups excluding carboxylic acids is 1. The van der Waals surface area contributed by atoms with Crippen molar-refractivity contribution in [3.63, 3.8) is 0 Å². The van der Waals surface area contributed by atoms with Crippen molar-refractivity contribution in [2.75, 3.05) is 25.5 Å². The van der Waals surface area contributed by atoms with E-state index in [1.165, 1.54) is 0 Å². The van der Waals surface area contributed by atoms with Crippen molar-refractivity contribution in [1.82, 2.24) is 14.9 Å². The van der Waals surface area contributed by atoms with E-state index in [9.17, 15) is 4.79 Å². The van der Waals surface area contributed by atoms with Crippen molar-refractivity contribution >= 4 is 35.1 Å². The number of anilines is 1. The molecule has 0 spiro atoms. The van der Waals surface area contributed by atoms with E-state index in [1.807, 2.05) is 12.1 Å². The zero-order chi connectivity index (χ0) is 18.2. The van der Waals surface area contributed by atoms with Crippen molar-refractivity contribution < 1.29 is 4.79 Å². The number of nitrogens with zero attached hydrogens (tertiary/aromatic N) is 3. The fraction of sp³-hybridized carbons (Fsp3) is 0.389. The molecule has 0 aliphatic carbocycles. The summed E-state index contributed by atoms with van der Waals surface area (Å²) in [5.74, 6) is 0.333. The smallest absolute Gasteiger partial charge is 0.272 e. The van der Waals surface area contributed by atoms with Crippen molar-refractivity contribution in [1.29, 1.82) is 0 Å². The van der Waals surface area contributed by atoms with Crippen LogP contribution in [0.1, 0.15) is 35.8 Å². The number of halogens is 2. The molecule has 1 N–H and O–H groups in total. The topological polar surface area (TPSA) is 58.1 Å². The van der Waals surface area contributed by atoms with Crippen molar-refractivity contribution in [2.24, 2.45) is 0 Å². The van der Waals surface area contributed by atoms with E-state index in [0.29, 0.717) is 34.7 Å². The van der Waals surface area contributed by atoms with Crippen LogP contribution in [-0.2, 0) is 6.42 Å². The summed E-state index contributed by atoms with van der Waals surface area (Å²) in [6, 6.07) is 7.06. The first-order valence-corrected chi connectivity index (χ1v) is 9.03. The highest BCUT2D eigenvalue weighted by atomic mass is 35.5. The van der Waals surface area contributed by atoms with Crippen LogP contribution < -0.4 is 5.32 Å². The minimum Gasteiger partial charge on any atom is -0.354 e. The standard InChI is InChI=1S/C18H22Cl2N4O/c1-3-4-11-24(2)17(25)16-8-10-22-18(23-16)21-9-7-13-5-6-14(19)12-15(13)20/h5-6,8,10,12H,3-4,7,9,11H2,1-2H3,(H,21,22,23). The minimum absolute atomic E-state index is 0.0976. The minimum atomic E-state index is -0.0976. The van der Waals surface area contributed by atoms with Crippen LogP contribution in [0.25, 0.3) is 0 Å². The molecule has 7 heteroatoms. The molecule has 5 nitrogen and oxygen atoms in total. The molecule has 134 valence electrons. The normalized spacial score (nSPS) is 10.6. The lowest BCUT2D eigenvalue weighted by Crippen LogP contribution is -2.28. The van der Waals surface area contributed by atoms with Crippen LogP contribution >= 0.6 is 23.2 Å². The van der Waals surface area contributed by atoms with E-state index < -0.39 is 0 Å². The maximum atomic E-state index is 12.4. The van der Waals surface area contributed by atoms with Gasteiger partial charge in [0.05, 0.1) is 0 Å². The number of aromatic nitrogens is 2. The van der Waals surface area contributed by atoms with Crippen LogP contribution in [0.4, 0.5) is 5.95 Å². The van der Waals surface area contributed by atoms with Crippen LogP contribution in [0.15, 0.2) is 30.5 Å². The Labute approximate surface area is 158 Å². The number of nitrogens with one attached hydrogen (secondary N) is 1. The van der Waals surface area contributed by atoms with Crippen molar-refractivity contribution in [3.8, 4) is 0 Å². The summed E-state index contributed by atoms with van der Waals surface area (Å²) in [5.41, 5.74) is 1.38. The molecule has 0 radical (unpaired) electrons. The summed E-state index contributed by atoms with van der Waals surface area (Å²) in [6.45, 7) is 3.42. The molecule has 0 aliphatic heterocycles. The van der Waals surface area contributed by atoms with Crippen molar-refractivity contribution in [2.45, 2.75) is 26.2 Å². The average molecular weight is 381 g/mol. The number of hydrogen-bond donors (Lipinski definition) is 1. The Morgan fingerprint density at radius 1 is 1.28 bits per heavy atom. The molecule has 0 unspecified atom stereocenters. The summed E-state index contributed by atoms with van der Waals surface area (Å²) in [4.78, 5) is 22.5. The monoisotopic (exact) mass is 380 g/mol. The van der Waals surface area contributed by atoms with E-state index in [2.05, 4.69) is 22.2 Å². The molecule has 0 bridgehead atoms. The van der Waals surface area contributed by atoms with Gasteiger partial charge in [0.1, 0.15) is 5.69 Å². The van der Waals surface area contributed by atoms with E-state index in [4.69, 9.17) is 23.2 Å². The van der Waals surface area contributed by atoms with Crippen LogP contribution in [0, 0.1) is 0 Å². The molecule has 1 aromatic carbocycles. The molecular formula is C18H22Cl2N4O. The fourth-order valence-electron chi connectivity index (χ4n) is 2.29. The number of carbonyl (C=O) groups is 1. The van der Waals surface area contributed by atoms with Gasteiger partial charge in [-0.2, -0.15) is 0 Å². The van der Waals surface area contributed by atoms with Crippen LogP contribution in [0.2, 0.25) is 10.0 Å². The Balaban J connectivity index is 1.93. The number of hydrogen-bond acceptors (Lipinski definition) is 4. The molecule has 0 atom stereocenters. The Morgan fingerprint density at radius 3 is 2.80 bits per heavy atom. The first-order chi connectivity index (χ1) is 12.0. The van der Waals surface area contributed by atoms with Gasteiger partial charge in [-0.25, -0.2) is 9.97 Å². The highest BCUT2D eigenvalue weighted by molar-refractivity contribution is 6.35. The Morgan fingerprint density at radius 2 is 2.08 bits per heavy atom. The molecule has 2 rings (SSSR count). The molecule has 1 heterocycles. The fourth-order valence-corrected chi connectivity index (χ4v) is 2.79. The summed E-state index contributed by atoms with van der Waals surface area (Å²) in [7, 11) is 1.79. The first kappa shape index (κ1) is 19.5. The predicted octanol–water partition coefficient (Wildman–Crippen LogP) is 4.31. The summed E-state index contributed by atoms with van der Waals surface area (Å²) in [6.07, 6.45) is 4.31. The van der Waals surface area contributed by atoms with E-state index in [-0.39, 0.29) is 5.91 Å². The van der Waals surface area contributed by atoms with Gasteiger partial charge >= 0.3 is 0 Å². The first-order valence-electron chi connectivity index (χ1n) is 8.27. The molecule has 25 heavy (non-hydrogen) atoms. The van der Waals surface area contributed by atoms with Crippen LogP contribution in [0.5, 0.6) is 0 Å². The summed E-state index contributed by atoms with van der Waals surface area (Å²) in [5, 5.41) is 4.38. The van der Waals surface area contributed by atoms with Gasteiger partial charge in [-0.1, -0.05) is 42.6 Å². The Hall–Kier alpha value is -1.85. The Bertz CT molecular complexity index is 724. The third-order valence-corrected chi connectivity index (χ3v) is 4.35. The van der Waals surface area contributed by atoms with Gasteiger partial charge in [0.2, 0.25) is 5.95 Å². The molecular weight excluding hydrogens is 359 g/mol. The van der Waals surface area contributed by atoms with Gasteiger partial charge in [-0.15, -0.1) is 0 Å². The van der Waals surface area contributed by atoms with Crippen LogP contribution in [-0.4, -0.2) is 40.9 Å². The second-order valence-corrected chi connectivity index (χ2v) is 6.60. The zero-order valence-corrected chi connectivity index (χ0v) is 15.9. The van der Waals surface area contributed by atoms with E-state index in [1.54, 1.807) is 30.3 Å². The molecule has 0 saturated carbocycles. The molecule has 0 saturated heterocycles. The predicted molar refractivity (Wildman–Crippen MR) is 103 cm³/mol. The third-order valence-electron chi connectivity index (χ3n) is 3.76. The summed E-state index contributed by atoms with van der Waals surface area (Å²) < 4.78 is 0. The number of unbranched alkanes of at least 4 members (excludes halogenated alkanes) is 1. The quantitative estimate of drug-likeness (QED) is 0.740. The highest BCUT2D eigenvalue weighted by Gasteiger charge is 2.13.